The van der Waals surface area contributed by atoms with Crippen LogP contribution in [0.15, 0.2) is 72.8 Å². The van der Waals surface area contributed by atoms with Gasteiger partial charge in [-0.2, -0.15) is 84.6 Å². The summed E-state index contributed by atoms with van der Waals surface area (Å²) < 4.78 is 8.25. The summed E-state index contributed by atoms with van der Waals surface area (Å²) in [7, 11) is 0. The zero-order valence-corrected chi connectivity index (χ0v) is 21.3. The average Bonchev–Trinajstić information content (AvgIpc) is 2.95. The van der Waals surface area contributed by atoms with E-state index < -0.39 is 11.9 Å². The number of carbonyl (C=O) groups excluding carboxylic acids is 4. The van der Waals surface area contributed by atoms with E-state index in [1.54, 1.807) is 61.5 Å². The van der Waals surface area contributed by atoms with Crippen molar-refractivity contribution < 1.29 is 62.7 Å². The van der Waals surface area contributed by atoms with E-state index in [1.807, 2.05) is 20.3 Å². The van der Waals surface area contributed by atoms with Crippen molar-refractivity contribution in [3.8, 4) is 0 Å². The molecule has 0 aliphatic heterocycles. The van der Waals surface area contributed by atoms with Gasteiger partial charge in [0.2, 0.25) is 0 Å². The Hall–Kier alpha value is -4.21. The van der Waals surface area contributed by atoms with E-state index in [1.165, 1.54) is 30.3 Å². The van der Waals surface area contributed by atoms with Crippen molar-refractivity contribution in [2.75, 3.05) is 0 Å². The fraction of sp³-hybridized carbons (Fsp3) is 0.0741. The first kappa shape index (κ1) is 35.0. The Bertz CT molecular complexity index is 1030. The maximum absolute atomic E-state index is 10.4. The van der Waals surface area contributed by atoms with Crippen molar-refractivity contribution in [2.45, 2.75) is 13.8 Å². The van der Waals surface area contributed by atoms with Gasteiger partial charge in [0.05, 0.1) is 36.3 Å². The van der Waals surface area contributed by atoms with Gasteiger partial charge in [0.25, 0.3) is 0 Å². The topological polar surface area (TPSA) is 160 Å². The van der Waals surface area contributed by atoms with Gasteiger partial charge in [0.1, 0.15) is 0 Å². The molecule has 0 amide bonds. The number of hydrogen-bond donors (Lipinski definition) is 2. The third kappa shape index (κ3) is 16.2. The molecule has 0 unspecified atom stereocenters. The number of carboxylic acids is 2. The van der Waals surface area contributed by atoms with E-state index in [0.717, 1.165) is 26.5 Å². The van der Waals surface area contributed by atoms with Gasteiger partial charge in [0.15, 0.2) is 0 Å². The van der Waals surface area contributed by atoms with Crippen LogP contribution in [-0.2, 0) is 42.9 Å². The van der Waals surface area contributed by atoms with Crippen LogP contribution in [0.2, 0.25) is 0 Å². The van der Waals surface area contributed by atoms with Gasteiger partial charge < -0.3 is 35.8 Å². The van der Waals surface area contributed by atoms with Crippen molar-refractivity contribution in [3.63, 3.8) is 0 Å². The number of rotatable bonds is 6. The van der Waals surface area contributed by atoms with Gasteiger partial charge in [-0.1, -0.05) is 6.07 Å². The molecule has 9 nitrogen and oxygen atoms in total. The molecule has 0 saturated heterocycles. The molecule has 37 heavy (non-hydrogen) atoms. The molecule has 2 N–H and O–H groups in total. The van der Waals surface area contributed by atoms with Crippen molar-refractivity contribution in [1.29, 1.82) is 0 Å². The van der Waals surface area contributed by atoms with E-state index in [2.05, 4.69) is 0 Å². The van der Waals surface area contributed by atoms with Gasteiger partial charge in [-0.3, -0.25) is 0 Å². The summed E-state index contributed by atoms with van der Waals surface area (Å²) in [6.07, 6.45) is 8.69. The molecule has 0 atom stereocenters. The molecule has 0 aliphatic rings. The molecule has 10 heteroatoms. The van der Waals surface area contributed by atoms with E-state index in [-0.39, 0.29) is 11.1 Å². The predicted octanol–water partition coefficient (Wildman–Crippen LogP) is 3.40. The summed E-state index contributed by atoms with van der Waals surface area (Å²) >= 11 is 0.750. The molecule has 0 aromatic heterocycles. The van der Waals surface area contributed by atoms with Gasteiger partial charge >= 0.3 is 35.7 Å². The van der Waals surface area contributed by atoms with Crippen molar-refractivity contribution in [3.05, 3.63) is 113 Å². The molecule has 0 fully saturated rings. The summed E-state index contributed by atoms with van der Waals surface area (Å²) in [5.41, 5.74) is 1.47. The van der Waals surface area contributed by atoms with Crippen LogP contribution in [0.4, 0.5) is 0 Å². The second-order valence-corrected chi connectivity index (χ2v) is 6.34. The molecule has 3 aromatic rings. The molecule has 0 heterocycles. The first-order valence-corrected chi connectivity index (χ1v) is 10.6. The van der Waals surface area contributed by atoms with E-state index in [4.69, 9.17) is 13.5 Å². The predicted molar refractivity (Wildman–Crippen MR) is 129 cm³/mol. The Balaban J connectivity index is 0. The third-order valence-electron chi connectivity index (χ3n) is 3.55. The van der Waals surface area contributed by atoms with Gasteiger partial charge in [-0.25, -0.2) is 9.59 Å². The normalized spacial score (nSPS) is 8.35. The first-order chi connectivity index (χ1) is 17.8. The first-order valence-electron chi connectivity index (χ1n) is 9.99. The Morgan fingerprint density at radius 2 is 0.838 bits per heavy atom. The minimum absolute atomic E-state index is 0.0186. The van der Waals surface area contributed by atoms with Crippen molar-refractivity contribution >= 4 is 37.1 Å². The Kier molecular flexibility index (Phi) is 21.0. The van der Waals surface area contributed by atoms with Crippen LogP contribution in [0.1, 0.15) is 56.8 Å². The van der Waals surface area contributed by atoms with Crippen LogP contribution in [0.3, 0.4) is 0 Å². The summed E-state index contributed by atoms with van der Waals surface area (Å²) in [5.74, 6) is -2.25. The molecule has 0 radical (unpaired) electrons. The van der Waals surface area contributed by atoms with Crippen LogP contribution in [0.5, 0.6) is 0 Å². The van der Waals surface area contributed by atoms with E-state index in [9.17, 15) is 28.8 Å². The molecule has 0 saturated carbocycles. The third-order valence-corrected chi connectivity index (χ3v) is 3.55. The standard InChI is InChI=1S/C8H6O4.2C8H4O2.C3H7.O.Ti/c9-7(10)5-2-1-3-6(4-5)8(11)12;2*9-5-7-2-1-3-8(4-7)6-10;1-3-2;;/h1-4H,(H,9,10)(H,11,12);2*1-4H;3H,1-2H3;;/q;2*-2;-1;;. The van der Waals surface area contributed by atoms with Crippen LogP contribution < -0.4 is 0 Å². The number of carboxylic acid groups (broad SMARTS) is 2. The van der Waals surface area contributed by atoms with Gasteiger partial charge in [-0.15, -0.1) is 0 Å². The number of benzene rings is 3. The monoisotopic (exact) mass is 537 g/mol. The second kappa shape index (κ2) is 22.3. The molecule has 3 aromatic carbocycles. The Labute approximate surface area is 225 Å². The van der Waals surface area contributed by atoms with Crippen LogP contribution in [0, 0.1) is 6.42 Å². The zero-order valence-electron chi connectivity index (χ0n) is 19.8. The van der Waals surface area contributed by atoms with Crippen molar-refractivity contribution in [2.24, 2.45) is 0 Å². The molecule has 0 bridgehead atoms. The molecule has 3 rings (SSSR count). The molecular weight excluding hydrogens is 516 g/mol. The number of hydrogen-bond acceptors (Lipinski definition) is 7. The second-order valence-electron chi connectivity index (χ2n) is 6.34. The fourth-order valence-electron chi connectivity index (χ4n) is 2.08. The van der Waals surface area contributed by atoms with Crippen molar-refractivity contribution in [1.82, 2.24) is 0 Å². The van der Waals surface area contributed by atoms with Gasteiger partial charge in [0, 0.05) is 0 Å². The van der Waals surface area contributed by atoms with Crippen LogP contribution in [-0.4, -0.2) is 47.3 Å². The van der Waals surface area contributed by atoms with Gasteiger partial charge in [-0.05, 0) is 18.2 Å². The molecule has 0 aliphatic carbocycles. The Morgan fingerprint density at radius 1 is 0.595 bits per heavy atom. The van der Waals surface area contributed by atoms with Crippen LogP contribution >= 0.6 is 0 Å². The molecule has 192 valence electrons. The van der Waals surface area contributed by atoms with E-state index >= 15 is 0 Å². The van der Waals surface area contributed by atoms with E-state index in [0.29, 0.717) is 22.3 Å². The molecule has 0 spiro atoms. The molecular formula is C27H21O9Ti-5. The Morgan fingerprint density at radius 3 is 1.05 bits per heavy atom. The number of carbonyl (C=O) groups is 2. The summed E-state index contributed by atoms with van der Waals surface area (Å²) in [4.78, 5) is 60.8. The van der Waals surface area contributed by atoms with Crippen LogP contribution in [0.25, 0.3) is 0 Å². The summed E-state index contributed by atoms with van der Waals surface area (Å²) in [6, 6.07) is 17.6. The zero-order chi connectivity index (χ0) is 28.6. The summed E-state index contributed by atoms with van der Waals surface area (Å²) in [6.45, 7) is 4.00. The quantitative estimate of drug-likeness (QED) is 0.355. The SMILES string of the molecule is C[CH-]C.O=C(O)c1cccc(C(=O)O)c1.O=[C-]c1cccc([C-]=O)c1.O=[C-]c1cccc([C-]=O)c1.[O]=[Ti]. The number of aromatic carboxylic acids is 2. The average molecular weight is 537 g/mol. The fourth-order valence-corrected chi connectivity index (χ4v) is 2.08. The maximum atomic E-state index is 10.4. The minimum atomic E-state index is -1.13. The summed E-state index contributed by atoms with van der Waals surface area (Å²) in [5, 5.41) is 17.0.